The van der Waals surface area contributed by atoms with Crippen molar-refractivity contribution in [1.29, 1.82) is 0 Å². The van der Waals surface area contributed by atoms with Crippen molar-refractivity contribution < 1.29 is 9.53 Å². The number of ether oxygens (including phenoxy) is 1. The second kappa shape index (κ2) is 6.52. The fraction of sp³-hybridized carbons (Fsp3) is 0.333. The van der Waals surface area contributed by atoms with Gasteiger partial charge in [0.15, 0.2) is 6.61 Å². The first-order valence-corrected chi connectivity index (χ1v) is 7.30. The molecule has 5 heteroatoms. The highest BCUT2D eigenvalue weighted by Gasteiger charge is 2.06. The standard InChI is InChI=1S/C15H18N2O2S/c1-10-4-5-11(2)13(6-10)19-8-14(18)16-7-15-17-12(3)9-20-15/h4-6,9H,7-8H2,1-3H3,(H,16,18). The van der Waals surface area contributed by atoms with Gasteiger partial charge in [-0.2, -0.15) is 0 Å². The summed E-state index contributed by atoms with van der Waals surface area (Å²) in [4.78, 5) is 16.0. The van der Waals surface area contributed by atoms with Crippen LogP contribution in [-0.2, 0) is 11.3 Å². The fourth-order valence-corrected chi connectivity index (χ4v) is 2.43. The summed E-state index contributed by atoms with van der Waals surface area (Å²) in [6, 6.07) is 5.95. The Morgan fingerprint density at radius 2 is 2.15 bits per heavy atom. The van der Waals surface area contributed by atoms with Crippen LogP contribution in [-0.4, -0.2) is 17.5 Å². The Balaban J connectivity index is 1.81. The second-order valence-corrected chi connectivity index (χ2v) is 5.66. The molecule has 20 heavy (non-hydrogen) atoms. The van der Waals surface area contributed by atoms with Gasteiger partial charge in [0.25, 0.3) is 5.91 Å². The van der Waals surface area contributed by atoms with Gasteiger partial charge >= 0.3 is 0 Å². The molecule has 0 saturated carbocycles. The summed E-state index contributed by atoms with van der Waals surface area (Å²) in [6.07, 6.45) is 0. The zero-order valence-electron chi connectivity index (χ0n) is 11.9. The van der Waals surface area contributed by atoms with Crippen molar-refractivity contribution in [2.45, 2.75) is 27.3 Å². The maximum atomic E-state index is 11.7. The monoisotopic (exact) mass is 290 g/mol. The molecule has 1 aromatic heterocycles. The zero-order chi connectivity index (χ0) is 14.5. The maximum Gasteiger partial charge on any atom is 0.258 e. The highest BCUT2D eigenvalue weighted by molar-refractivity contribution is 7.09. The van der Waals surface area contributed by atoms with Gasteiger partial charge in [0, 0.05) is 11.1 Å². The van der Waals surface area contributed by atoms with E-state index in [0.29, 0.717) is 6.54 Å². The normalized spacial score (nSPS) is 10.3. The Bertz CT molecular complexity index is 608. The molecular formula is C15H18N2O2S. The SMILES string of the molecule is Cc1ccc(C)c(OCC(=O)NCc2nc(C)cs2)c1. The van der Waals surface area contributed by atoms with Crippen LogP contribution in [0, 0.1) is 20.8 Å². The van der Waals surface area contributed by atoms with Gasteiger partial charge in [0.1, 0.15) is 10.8 Å². The van der Waals surface area contributed by atoms with Gasteiger partial charge in [-0.15, -0.1) is 11.3 Å². The minimum absolute atomic E-state index is 0.0225. The van der Waals surface area contributed by atoms with Crippen molar-refractivity contribution in [2.24, 2.45) is 0 Å². The number of hydrogen-bond acceptors (Lipinski definition) is 4. The molecule has 0 aliphatic heterocycles. The van der Waals surface area contributed by atoms with Gasteiger partial charge in [-0.3, -0.25) is 4.79 Å². The quantitative estimate of drug-likeness (QED) is 0.921. The van der Waals surface area contributed by atoms with Crippen molar-refractivity contribution in [1.82, 2.24) is 10.3 Å². The molecule has 1 aromatic carbocycles. The number of hydrogen-bond donors (Lipinski definition) is 1. The number of thiazole rings is 1. The maximum absolute atomic E-state index is 11.7. The van der Waals surface area contributed by atoms with Crippen molar-refractivity contribution >= 4 is 17.2 Å². The van der Waals surface area contributed by atoms with Gasteiger partial charge in [-0.25, -0.2) is 4.98 Å². The molecule has 0 spiro atoms. The lowest BCUT2D eigenvalue weighted by Crippen LogP contribution is -2.28. The summed E-state index contributed by atoms with van der Waals surface area (Å²) in [5, 5.41) is 5.67. The van der Waals surface area contributed by atoms with Crippen molar-refractivity contribution in [3.8, 4) is 5.75 Å². The molecule has 1 N–H and O–H groups in total. The molecule has 0 aliphatic rings. The molecule has 0 radical (unpaired) electrons. The van der Waals surface area contributed by atoms with Gasteiger partial charge < -0.3 is 10.1 Å². The molecule has 2 aromatic rings. The summed E-state index contributed by atoms with van der Waals surface area (Å²) in [5.41, 5.74) is 3.12. The third-order valence-corrected chi connectivity index (χ3v) is 3.77. The van der Waals surface area contributed by atoms with E-state index in [0.717, 1.165) is 27.6 Å². The molecule has 1 amide bonds. The third kappa shape index (κ3) is 4.06. The van der Waals surface area contributed by atoms with E-state index < -0.39 is 0 Å². The van der Waals surface area contributed by atoms with Gasteiger partial charge in [-0.1, -0.05) is 12.1 Å². The Morgan fingerprint density at radius 3 is 2.85 bits per heavy atom. The van der Waals surface area contributed by atoms with Gasteiger partial charge in [0.2, 0.25) is 0 Å². The molecule has 1 heterocycles. The number of benzene rings is 1. The minimum atomic E-state index is -0.140. The highest BCUT2D eigenvalue weighted by Crippen LogP contribution is 2.18. The molecule has 0 fully saturated rings. The first-order chi connectivity index (χ1) is 9.54. The van der Waals surface area contributed by atoms with Gasteiger partial charge in [0.05, 0.1) is 6.54 Å². The van der Waals surface area contributed by atoms with Crippen LogP contribution in [0.25, 0.3) is 0 Å². The summed E-state index contributed by atoms with van der Waals surface area (Å²) < 4.78 is 5.54. The predicted octanol–water partition coefficient (Wildman–Crippen LogP) is 2.76. The Labute approximate surface area is 122 Å². The molecule has 0 bridgehead atoms. The van der Waals surface area contributed by atoms with E-state index >= 15 is 0 Å². The number of amides is 1. The Hall–Kier alpha value is -1.88. The van der Waals surface area contributed by atoms with Crippen LogP contribution in [0.2, 0.25) is 0 Å². The molecule has 106 valence electrons. The van der Waals surface area contributed by atoms with Crippen molar-refractivity contribution in [3.05, 3.63) is 45.4 Å². The van der Waals surface area contributed by atoms with E-state index in [1.807, 2.05) is 44.4 Å². The largest absolute Gasteiger partial charge is 0.483 e. The molecular weight excluding hydrogens is 272 g/mol. The lowest BCUT2D eigenvalue weighted by molar-refractivity contribution is -0.123. The number of nitrogens with zero attached hydrogens (tertiary/aromatic N) is 1. The van der Waals surface area contributed by atoms with Crippen LogP contribution < -0.4 is 10.1 Å². The fourth-order valence-electron chi connectivity index (χ4n) is 1.72. The minimum Gasteiger partial charge on any atom is -0.483 e. The van der Waals surface area contributed by atoms with Crippen LogP contribution in [0.5, 0.6) is 5.75 Å². The van der Waals surface area contributed by atoms with Crippen LogP contribution in [0.4, 0.5) is 0 Å². The van der Waals surface area contributed by atoms with Crippen molar-refractivity contribution in [2.75, 3.05) is 6.61 Å². The molecule has 2 rings (SSSR count). The van der Waals surface area contributed by atoms with Crippen LogP contribution in [0.15, 0.2) is 23.6 Å². The first kappa shape index (κ1) is 14.5. The number of carbonyl (C=O) groups excluding carboxylic acids is 1. The smallest absolute Gasteiger partial charge is 0.258 e. The van der Waals surface area contributed by atoms with E-state index in [1.165, 1.54) is 0 Å². The van der Waals surface area contributed by atoms with Gasteiger partial charge in [-0.05, 0) is 38.0 Å². The molecule has 4 nitrogen and oxygen atoms in total. The summed E-state index contributed by atoms with van der Waals surface area (Å²) >= 11 is 1.54. The molecule has 0 atom stereocenters. The van der Waals surface area contributed by atoms with Crippen molar-refractivity contribution in [3.63, 3.8) is 0 Å². The number of aromatic nitrogens is 1. The van der Waals surface area contributed by atoms with E-state index in [9.17, 15) is 4.79 Å². The molecule has 0 saturated heterocycles. The lowest BCUT2D eigenvalue weighted by Gasteiger charge is -2.09. The van der Waals surface area contributed by atoms with E-state index in [4.69, 9.17) is 4.74 Å². The average Bonchev–Trinajstić information content (AvgIpc) is 2.83. The number of rotatable bonds is 5. The summed E-state index contributed by atoms with van der Waals surface area (Å²) in [7, 11) is 0. The number of carbonyl (C=O) groups is 1. The zero-order valence-corrected chi connectivity index (χ0v) is 12.7. The third-order valence-electron chi connectivity index (χ3n) is 2.81. The Kier molecular flexibility index (Phi) is 4.74. The van der Waals surface area contributed by atoms with E-state index in [1.54, 1.807) is 11.3 Å². The molecule has 0 aliphatic carbocycles. The van der Waals surface area contributed by atoms with E-state index in [2.05, 4.69) is 10.3 Å². The average molecular weight is 290 g/mol. The Morgan fingerprint density at radius 1 is 1.35 bits per heavy atom. The second-order valence-electron chi connectivity index (χ2n) is 4.72. The number of nitrogens with one attached hydrogen (secondary N) is 1. The predicted molar refractivity (Wildman–Crippen MR) is 80.1 cm³/mol. The summed E-state index contributed by atoms with van der Waals surface area (Å²) in [6.45, 7) is 6.37. The van der Waals surface area contributed by atoms with E-state index in [-0.39, 0.29) is 12.5 Å². The van der Waals surface area contributed by atoms with Crippen LogP contribution in [0.1, 0.15) is 21.8 Å². The first-order valence-electron chi connectivity index (χ1n) is 6.42. The highest BCUT2D eigenvalue weighted by atomic mass is 32.1. The van der Waals surface area contributed by atoms with Crippen LogP contribution in [0.3, 0.4) is 0 Å². The lowest BCUT2D eigenvalue weighted by atomic mass is 10.1. The summed E-state index contributed by atoms with van der Waals surface area (Å²) in [5.74, 6) is 0.615. The topological polar surface area (TPSA) is 51.2 Å². The number of aryl methyl sites for hydroxylation is 3. The van der Waals surface area contributed by atoms with Crippen LogP contribution >= 0.6 is 11.3 Å². The molecule has 0 unspecified atom stereocenters.